The van der Waals surface area contributed by atoms with Gasteiger partial charge in [0.15, 0.2) is 0 Å². The molecule has 0 atom stereocenters. The standard InChI is InChI=1S/C19H20ClN5/c1-11-4-6-15-19(12(11)2)24-18(22-15)10-25(3)9-17-21-14-7-5-13(20)8-16(14)23-17/h4-8H,9-10H2,1-3H3,(H,21,23)(H,22,24). The van der Waals surface area contributed by atoms with Crippen molar-refractivity contribution in [1.82, 2.24) is 24.8 Å². The van der Waals surface area contributed by atoms with Crippen molar-refractivity contribution in [2.24, 2.45) is 0 Å². The number of benzene rings is 2. The molecule has 0 saturated heterocycles. The fraction of sp³-hybridized carbons (Fsp3) is 0.263. The molecule has 0 aliphatic rings. The average molecular weight is 354 g/mol. The molecule has 2 heterocycles. The van der Waals surface area contributed by atoms with Gasteiger partial charge in [-0.15, -0.1) is 0 Å². The van der Waals surface area contributed by atoms with Gasteiger partial charge >= 0.3 is 0 Å². The molecule has 0 amide bonds. The molecule has 4 aromatic rings. The maximum absolute atomic E-state index is 6.03. The van der Waals surface area contributed by atoms with Gasteiger partial charge < -0.3 is 9.97 Å². The maximum atomic E-state index is 6.03. The molecular weight excluding hydrogens is 334 g/mol. The van der Waals surface area contributed by atoms with Crippen LogP contribution >= 0.6 is 11.6 Å². The third-order valence-corrected chi connectivity index (χ3v) is 4.79. The van der Waals surface area contributed by atoms with Gasteiger partial charge in [0.1, 0.15) is 11.6 Å². The van der Waals surface area contributed by atoms with Gasteiger partial charge in [-0.25, -0.2) is 9.97 Å². The summed E-state index contributed by atoms with van der Waals surface area (Å²) >= 11 is 6.03. The third kappa shape index (κ3) is 3.13. The van der Waals surface area contributed by atoms with Crippen LogP contribution in [0.4, 0.5) is 0 Å². The highest BCUT2D eigenvalue weighted by Gasteiger charge is 2.11. The quantitative estimate of drug-likeness (QED) is 0.573. The second-order valence-electron chi connectivity index (χ2n) is 6.60. The van der Waals surface area contributed by atoms with E-state index in [0.717, 1.165) is 40.3 Å². The van der Waals surface area contributed by atoms with Crippen molar-refractivity contribution in [1.29, 1.82) is 0 Å². The van der Waals surface area contributed by atoms with Crippen LogP contribution in [-0.2, 0) is 13.1 Å². The Bertz CT molecular complexity index is 1060. The van der Waals surface area contributed by atoms with E-state index in [4.69, 9.17) is 16.6 Å². The summed E-state index contributed by atoms with van der Waals surface area (Å²) in [6, 6.07) is 9.91. The minimum Gasteiger partial charge on any atom is -0.341 e. The summed E-state index contributed by atoms with van der Waals surface area (Å²) in [6.07, 6.45) is 0. The first-order valence-corrected chi connectivity index (χ1v) is 8.65. The average Bonchev–Trinajstić information content (AvgIpc) is 3.14. The van der Waals surface area contributed by atoms with Gasteiger partial charge in [0, 0.05) is 5.02 Å². The summed E-state index contributed by atoms with van der Waals surface area (Å²) in [6.45, 7) is 5.67. The molecule has 0 aliphatic carbocycles. The fourth-order valence-corrected chi connectivity index (χ4v) is 3.29. The Labute approximate surface area is 151 Å². The predicted octanol–water partition coefficient (Wildman–Crippen LogP) is 4.34. The number of H-pyrrole nitrogens is 2. The number of aryl methyl sites for hydroxylation is 2. The number of halogens is 1. The zero-order chi connectivity index (χ0) is 17.6. The number of nitrogens with one attached hydrogen (secondary N) is 2. The van der Waals surface area contributed by atoms with E-state index in [9.17, 15) is 0 Å². The number of hydrogen-bond donors (Lipinski definition) is 2. The molecule has 128 valence electrons. The molecule has 0 unspecified atom stereocenters. The number of hydrogen-bond acceptors (Lipinski definition) is 3. The van der Waals surface area contributed by atoms with Crippen LogP contribution in [-0.4, -0.2) is 31.9 Å². The summed E-state index contributed by atoms with van der Waals surface area (Å²) < 4.78 is 0. The van der Waals surface area contributed by atoms with Gasteiger partial charge in [0.05, 0.1) is 35.2 Å². The van der Waals surface area contributed by atoms with Crippen molar-refractivity contribution >= 4 is 33.7 Å². The summed E-state index contributed by atoms with van der Waals surface area (Å²) in [4.78, 5) is 18.3. The normalized spacial score (nSPS) is 11.9. The zero-order valence-electron chi connectivity index (χ0n) is 14.5. The van der Waals surface area contributed by atoms with Crippen molar-refractivity contribution in [3.05, 3.63) is 58.1 Å². The van der Waals surface area contributed by atoms with Gasteiger partial charge in [-0.2, -0.15) is 0 Å². The molecule has 2 aromatic carbocycles. The van der Waals surface area contributed by atoms with Gasteiger partial charge in [-0.05, 0) is 56.3 Å². The highest BCUT2D eigenvalue weighted by molar-refractivity contribution is 6.31. The minimum absolute atomic E-state index is 0.710. The number of aromatic nitrogens is 4. The van der Waals surface area contributed by atoms with Crippen LogP contribution in [0.1, 0.15) is 22.8 Å². The molecule has 4 rings (SSSR count). The topological polar surface area (TPSA) is 60.6 Å². The number of aromatic amines is 2. The second-order valence-corrected chi connectivity index (χ2v) is 7.04. The Hall–Kier alpha value is -2.37. The number of fused-ring (bicyclic) bond motifs is 2. The van der Waals surface area contributed by atoms with Gasteiger partial charge in [-0.3, -0.25) is 4.90 Å². The Kier molecular flexibility index (Phi) is 3.98. The summed E-state index contributed by atoms with van der Waals surface area (Å²) in [5.74, 6) is 1.88. The lowest BCUT2D eigenvalue weighted by Gasteiger charge is -2.12. The molecule has 5 nitrogen and oxygen atoms in total. The highest BCUT2D eigenvalue weighted by Crippen LogP contribution is 2.20. The zero-order valence-corrected chi connectivity index (χ0v) is 15.3. The van der Waals surface area contributed by atoms with Crippen molar-refractivity contribution in [3.63, 3.8) is 0 Å². The maximum Gasteiger partial charge on any atom is 0.121 e. The Morgan fingerprint density at radius 3 is 2.48 bits per heavy atom. The number of nitrogens with zero attached hydrogens (tertiary/aromatic N) is 3. The number of imidazole rings is 2. The number of rotatable bonds is 4. The van der Waals surface area contributed by atoms with Crippen LogP contribution in [0.25, 0.3) is 22.1 Å². The molecule has 0 spiro atoms. The van der Waals surface area contributed by atoms with Crippen molar-refractivity contribution in [2.45, 2.75) is 26.9 Å². The van der Waals surface area contributed by atoms with Crippen LogP contribution in [0, 0.1) is 13.8 Å². The first-order valence-electron chi connectivity index (χ1n) is 8.27. The molecule has 0 aliphatic heterocycles. The van der Waals surface area contributed by atoms with E-state index < -0.39 is 0 Å². The van der Waals surface area contributed by atoms with Crippen molar-refractivity contribution in [2.75, 3.05) is 7.05 Å². The lowest BCUT2D eigenvalue weighted by atomic mass is 10.1. The second kappa shape index (κ2) is 6.17. The van der Waals surface area contributed by atoms with Gasteiger partial charge in [0.25, 0.3) is 0 Å². The molecule has 0 fully saturated rings. The highest BCUT2D eigenvalue weighted by atomic mass is 35.5. The van der Waals surface area contributed by atoms with Crippen LogP contribution in [0.2, 0.25) is 5.02 Å². The van der Waals surface area contributed by atoms with Crippen LogP contribution in [0.15, 0.2) is 30.3 Å². The Balaban J connectivity index is 1.53. The van der Waals surface area contributed by atoms with Gasteiger partial charge in [0.2, 0.25) is 0 Å². The monoisotopic (exact) mass is 353 g/mol. The van der Waals surface area contributed by atoms with Crippen LogP contribution < -0.4 is 0 Å². The lowest BCUT2D eigenvalue weighted by molar-refractivity contribution is 0.305. The third-order valence-electron chi connectivity index (χ3n) is 4.56. The molecule has 6 heteroatoms. The molecular formula is C19H20ClN5. The SMILES string of the molecule is Cc1ccc2[nH]c(CN(C)Cc3nc4ccc(Cl)cc4[nH]3)nc2c1C. The van der Waals surface area contributed by atoms with Crippen molar-refractivity contribution < 1.29 is 0 Å². The molecule has 0 radical (unpaired) electrons. The first-order chi connectivity index (χ1) is 12.0. The van der Waals surface area contributed by atoms with Crippen molar-refractivity contribution in [3.8, 4) is 0 Å². The predicted molar refractivity (Wildman–Crippen MR) is 102 cm³/mol. The van der Waals surface area contributed by atoms with E-state index in [2.05, 4.69) is 52.9 Å². The summed E-state index contributed by atoms with van der Waals surface area (Å²) in [5, 5.41) is 0.712. The van der Waals surface area contributed by atoms with E-state index in [1.54, 1.807) is 0 Å². The van der Waals surface area contributed by atoms with Crippen LogP contribution in [0.5, 0.6) is 0 Å². The molecule has 0 bridgehead atoms. The first kappa shape index (κ1) is 16.1. The van der Waals surface area contributed by atoms with E-state index >= 15 is 0 Å². The minimum atomic E-state index is 0.710. The van der Waals surface area contributed by atoms with E-state index in [1.165, 1.54) is 11.1 Å². The van der Waals surface area contributed by atoms with Gasteiger partial charge in [-0.1, -0.05) is 17.7 Å². The summed E-state index contributed by atoms with van der Waals surface area (Å²) in [7, 11) is 2.06. The van der Waals surface area contributed by atoms with E-state index in [0.29, 0.717) is 11.6 Å². The smallest absolute Gasteiger partial charge is 0.121 e. The van der Waals surface area contributed by atoms with E-state index in [1.807, 2.05) is 18.2 Å². The lowest BCUT2D eigenvalue weighted by Crippen LogP contribution is -2.18. The van der Waals surface area contributed by atoms with Crippen LogP contribution in [0.3, 0.4) is 0 Å². The largest absolute Gasteiger partial charge is 0.341 e. The molecule has 2 aromatic heterocycles. The molecule has 2 N–H and O–H groups in total. The summed E-state index contributed by atoms with van der Waals surface area (Å²) in [5.41, 5.74) is 6.54. The fourth-order valence-electron chi connectivity index (χ4n) is 3.12. The Morgan fingerprint density at radius 2 is 1.68 bits per heavy atom. The molecule has 0 saturated carbocycles. The Morgan fingerprint density at radius 1 is 0.960 bits per heavy atom. The molecule has 25 heavy (non-hydrogen) atoms. The van der Waals surface area contributed by atoms with E-state index in [-0.39, 0.29) is 0 Å².